The molecule has 0 aliphatic heterocycles. The van der Waals surface area contributed by atoms with Gasteiger partial charge >= 0.3 is 5.97 Å². The van der Waals surface area contributed by atoms with Crippen LogP contribution in [0.1, 0.15) is 43.9 Å². The van der Waals surface area contributed by atoms with E-state index in [-0.39, 0.29) is 31.1 Å². The number of hydrogen-bond acceptors (Lipinski definition) is 6. The van der Waals surface area contributed by atoms with E-state index >= 15 is 0 Å². The Morgan fingerprint density at radius 1 is 1.30 bits per heavy atom. The molecule has 1 aromatic heterocycles. The number of pyridine rings is 1. The third-order valence-electron chi connectivity index (χ3n) is 4.14. The summed E-state index contributed by atoms with van der Waals surface area (Å²) in [7, 11) is 0. The summed E-state index contributed by atoms with van der Waals surface area (Å²) in [4.78, 5) is 38.7. The van der Waals surface area contributed by atoms with Gasteiger partial charge in [0.2, 0.25) is 5.91 Å². The van der Waals surface area contributed by atoms with Crippen molar-refractivity contribution in [2.75, 3.05) is 6.61 Å². The third kappa shape index (κ3) is 5.22. The molecule has 0 bridgehead atoms. The smallest absolute Gasteiger partial charge is 0.313 e. The second kappa shape index (κ2) is 8.57. The summed E-state index contributed by atoms with van der Waals surface area (Å²) < 4.78 is 5.36. The van der Waals surface area contributed by atoms with Gasteiger partial charge < -0.3 is 10.5 Å². The van der Waals surface area contributed by atoms with Gasteiger partial charge in [-0.1, -0.05) is 13.8 Å². The Labute approximate surface area is 156 Å². The van der Waals surface area contributed by atoms with Crippen LogP contribution in [0.2, 0.25) is 0 Å². The molecular weight excluding hydrogens is 350 g/mol. The van der Waals surface area contributed by atoms with Gasteiger partial charge in [0.25, 0.3) is 5.69 Å². The Kier molecular flexibility index (Phi) is 6.44. The number of nitrogens with two attached hydrogens (primary N) is 1. The third-order valence-corrected chi connectivity index (χ3v) is 4.14. The number of nitro benzene ring substituents is 1. The summed E-state index contributed by atoms with van der Waals surface area (Å²) in [5.74, 6) is -1.43. The number of rotatable bonds is 8. The molecule has 8 heteroatoms. The van der Waals surface area contributed by atoms with Gasteiger partial charge in [0.05, 0.1) is 23.0 Å². The maximum atomic E-state index is 12.6. The fourth-order valence-corrected chi connectivity index (χ4v) is 2.77. The first-order chi connectivity index (χ1) is 12.7. The van der Waals surface area contributed by atoms with Gasteiger partial charge in [0.1, 0.15) is 0 Å². The normalized spacial score (nSPS) is 12.1. The van der Waals surface area contributed by atoms with E-state index in [4.69, 9.17) is 10.5 Å². The predicted molar refractivity (Wildman–Crippen MR) is 100 cm³/mol. The highest BCUT2D eigenvalue weighted by Gasteiger charge is 2.26. The molecule has 2 rings (SSSR count). The van der Waals surface area contributed by atoms with Crippen molar-refractivity contribution in [1.82, 2.24) is 4.98 Å². The Hall–Kier alpha value is -3.03. The standard InChI is InChI=1S/C19H23N3O5/c1-11(2)10-27-19(24)15(6-7-18(20)23)16-8-13-4-5-14(22(25)26)9-17(13)21-12(16)3/h4-5,8-9,11,15H,6-7,10H2,1-3H3,(H2,20,23). The Balaban J connectivity index is 2.43. The van der Waals surface area contributed by atoms with E-state index < -0.39 is 22.7 Å². The number of carbonyl (C=O) groups excluding carboxylic acids is 2. The van der Waals surface area contributed by atoms with E-state index in [9.17, 15) is 19.7 Å². The van der Waals surface area contributed by atoms with E-state index in [2.05, 4.69) is 4.98 Å². The molecular formula is C19H23N3O5. The fraction of sp³-hybridized carbons (Fsp3) is 0.421. The van der Waals surface area contributed by atoms with Gasteiger partial charge in [-0.3, -0.25) is 24.7 Å². The van der Waals surface area contributed by atoms with Crippen molar-refractivity contribution in [2.45, 2.75) is 39.5 Å². The second-order valence-corrected chi connectivity index (χ2v) is 6.88. The van der Waals surface area contributed by atoms with E-state index in [0.717, 1.165) is 0 Å². The summed E-state index contributed by atoms with van der Waals surface area (Å²) in [6.45, 7) is 5.86. The summed E-state index contributed by atoms with van der Waals surface area (Å²) in [6.07, 6.45) is 0.256. The number of hydrogen-bond donors (Lipinski definition) is 1. The largest absolute Gasteiger partial charge is 0.465 e. The number of amides is 1. The highest BCUT2D eigenvalue weighted by atomic mass is 16.6. The quantitative estimate of drug-likeness (QED) is 0.431. The van der Waals surface area contributed by atoms with Gasteiger partial charge in [-0.15, -0.1) is 0 Å². The fourth-order valence-electron chi connectivity index (χ4n) is 2.77. The van der Waals surface area contributed by atoms with Gasteiger partial charge in [0.15, 0.2) is 0 Å². The predicted octanol–water partition coefficient (Wildman–Crippen LogP) is 3.00. The topological polar surface area (TPSA) is 125 Å². The number of non-ortho nitro benzene ring substituents is 1. The maximum Gasteiger partial charge on any atom is 0.313 e. The SMILES string of the molecule is Cc1nc2cc([N+](=O)[O-])ccc2cc1C(CCC(N)=O)C(=O)OCC(C)C. The minimum Gasteiger partial charge on any atom is -0.465 e. The zero-order valence-electron chi connectivity index (χ0n) is 15.6. The van der Waals surface area contributed by atoms with Crippen molar-refractivity contribution < 1.29 is 19.2 Å². The van der Waals surface area contributed by atoms with Crippen LogP contribution >= 0.6 is 0 Å². The van der Waals surface area contributed by atoms with Gasteiger partial charge in [-0.25, -0.2) is 0 Å². The number of esters is 1. The molecule has 0 aliphatic rings. The average Bonchev–Trinajstić information content (AvgIpc) is 2.59. The molecule has 0 aliphatic carbocycles. The molecule has 1 amide bonds. The zero-order valence-corrected chi connectivity index (χ0v) is 15.6. The van der Waals surface area contributed by atoms with Crippen molar-refractivity contribution in [2.24, 2.45) is 11.7 Å². The van der Waals surface area contributed by atoms with Crippen molar-refractivity contribution in [3.8, 4) is 0 Å². The van der Waals surface area contributed by atoms with E-state index in [0.29, 0.717) is 22.2 Å². The van der Waals surface area contributed by atoms with Crippen molar-refractivity contribution in [1.29, 1.82) is 0 Å². The van der Waals surface area contributed by atoms with Crippen LogP contribution in [0.3, 0.4) is 0 Å². The number of nitrogens with zero attached hydrogens (tertiary/aromatic N) is 2. The molecule has 2 aromatic rings. The van der Waals surface area contributed by atoms with Crippen molar-refractivity contribution >= 4 is 28.5 Å². The number of aryl methyl sites for hydroxylation is 1. The number of carbonyl (C=O) groups is 2. The lowest BCUT2D eigenvalue weighted by atomic mass is 9.91. The molecule has 27 heavy (non-hydrogen) atoms. The monoisotopic (exact) mass is 373 g/mol. The molecule has 1 heterocycles. The molecule has 0 saturated heterocycles. The van der Waals surface area contributed by atoms with Gasteiger partial charge in [-0.2, -0.15) is 0 Å². The van der Waals surface area contributed by atoms with Crippen LogP contribution in [0, 0.1) is 23.0 Å². The number of fused-ring (bicyclic) bond motifs is 1. The summed E-state index contributed by atoms with van der Waals surface area (Å²) in [6, 6.07) is 6.14. The van der Waals surface area contributed by atoms with Crippen LogP contribution < -0.4 is 5.73 Å². The lowest BCUT2D eigenvalue weighted by Gasteiger charge is -2.19. The van der Waals surface area contributed by atoms with E-state index in [1.165, 1.54) is 12.1 Å². The molecule has 144 valence electrons. The Morgan fingerprint density at radius 2 is 2.00 bits per heavy atom. The molecule has 1 atom stereocenters. The molecule has 0 saturated carbocycles. The Bertz CT molecular complexity index is 879. The Morgan fingerprint density at radius 3 is 2.59 bits per heavy atom. The van der Waals surface area contributed by atoms with Crippen LogP contribution in [0.25, 0.3) is 10.9 Å². The first kappa shape index (κ1) is 20.3. The van der Waals surface area contributed by atoms with Crippen LogP contribution in [-0.2, 0) is 14.3 Å². The van der Waals surface area contributed by atoms with Crippen LogP contribution in [0.15, 0.2) is 24.3 Å². The molecule has 0 spiro atoms. The summed E-state index contributed by atoms with van der Waals surface area (Å²) in [5, 5.41) is 11.6. The minimum absolute atomic E-state index is 0.0409. The highest BCUT2D eigenvalue weighted by molar-refractivity contribution is 5.85. The minimum atomic E-state index is -0.677. The lowest BCUT2D eigenvalue weighted by Crippen LogP contribution is -2.22. The van der Waals surface area contributed by atoms with Crippen LogP contribution in [0.4, 0.5) is 5.69 Å². The van der Waals surface area contributed by atoms with E-state index in [1.54, 1.807) is 19.1 Å². The number of nitro groups is 1. The van der Waals surface area contributed by atoms with Crippen molar-refractivity contribution in [3.63, 3.8) is 0 Å². The number of benzene rings is 1. The molecule has 1 aromatic carbocycles. The first-order valence-corrected chi connectivity index (χ1v) is 8.69. The number of ether oxygens (including phenoxy) is 1. The molecule has 0 fully saturated rings. The maximum absolute atomic E-state index is 12.6. The first-order valence-electron chi connectivity index (χ1n) is 8.69. The second-order valence-electron chi connectivity index (χ2n) is 6.88. The zero-order chi connectivity index (χ0) is 20.1. The lowest BCUT2D eigenvalue weighted by molar-refractivity contribution is -0.384. The summed E-state index contributed by atoms with van der Waals surface area (Å²) in [5.41, 5.74) is 6.84. The molecule has 8 nitrogen and oxygen atoms in total. The van der Waals surface area contributed by atoms with Crippen LogP contribution in [-0.4, -0.2) is 28.4 Å². The average molecular weight is 373 g/mol. The molecule has 2 N–H and O–H groups in total. The highest BCUT2D eigenvalue weighted by Crippen LogP contribution is 2.29. The number of primary amides is 1. The van der Waals surface area contributed by atoms with Crippen molar-refractivity contribution in [3.05, 3.63) is 45.6 Å². The van der Waals surface area contributed by atoms with Gasteiger partial charge in [0, 0.05) is 29.6 Å². The van der Waals surface area contributed by atoms with Crippen LogP contribution in [0.5, 0.6) is 0 Å². The van der Waals surface area contributed by atoms with E-state index in [1.807, 2.05) is 13.8 Å². The summed E-state index contributed by atoms with van der Waals surface area (Å²) >= 11 is 0. The molecule has 0 radical (unpaired) electrons. The number of aromatic nitrogens is 1. The van der Waals surface area contributed by atoms with Gasteiger partial charge in [-0.05, 0) is 37.0 Å². The molecule has 1 unspecified atom stereocenters.